The molecular weight excluding hydrogens is 280 g/mol. The molecule has 0 radical (unpaired) electrons. The summed E-state index contributed by atoms with van der Waals surface area (Å²) in [5, 5.41) is 13.9. The number of carbonyl (C=O) groups is 1. The molecule has 6 nitrogen and oxygen atoms in total. The second-order valence-corrected chi connectivity index (χ2v) is 5.86. The highest BCUT2D eigenvalue weighted by Crippen LogP contribution is 2.15. The third-order valence-electron chi connectivity index (χ3n) is 2.74. The van der Waals surface area contributed by atoms with Crippen LogP contribution in [-0.2, 0) is 0 Å². The van der Waals surface area contributed by atoms with Gasteiger partial charge < -0.3 is 15.4 Å². The third kappa shape index (κ3) is 4.44. The number of rotatable bonds is 4. The molecule has 1 aromatic carbocycles. The Bertz CT molecular complexity index is 648. The molecule has 0 fully saturated rings. The number of methoxy groups -OCH3 is 1. The summed E-state index contributed by atoms with van der Waals surface area (Å²) in [4.78, 5) is 12.1. The number of anilines is 2. The number of nitrogens with zero attached hydrogens (tertiary/aromatic N) is 2. The van der Waals surface area contributed by atoms with Crippen LogP contribution in [0.25, 0.3) is 0 Å². The van der Waals surface area contributed by atoms with Crippen LogP contribution in [0, 0.1) is 0 Å². The third-order valence-corrected chi connectivity index (χ3v) is 2.74. The molecule has 0 spiro atoms. The minimum atomic E-state index is -0.260. The van der Waals surface area contributed by atoms with Crippen LogP contribution in [0.2, 0.25) is 0 Å². The molecule has 1 heterocycles. The first-order valence-corrected chi connectivity index (χ1v) is 6.95. The van der Waals surface area contributed by atoms with Gasteiger partial charge in [-0.15, -0.1) is 10.2 Å². The predicted octanol–water partition coefficient (Wildman–Crippen LogP) is 2.95. The van der Waals surface area contributed by atoms with E-state index in [1.807, 2.05) is 20.8 Å². The van der Waals surface area contributed by atoms with Crippen LogP contribution in [0.5, 0.6) is 5.75 Å². The van der Waals surface area contributed by atoms with E-state index >= 15 is 0 Å². The van der Waals surface area contributed by atoms with Crippen molar-refractivity contribution in [3.05, 3.63) is 42.0 Å². The summed E-state index contributed by atoms with van der Waals surface area (Å²) in [6, 6.07) is 10.4. The van der Waals surface area contributed by atoms with Crippen molar-refractivity contribution in [2.45, 2.75) is 26.3 Å². The fourth-order valence-corrected chi connectivity index (χ4v) is 1.80. The van der Waals surface area contributed by atoms with Crippen molar-refractivity contribution in [3.63, 3.8) is 0 Å². The Morgan fingerprint density at radius 1 is 1.09 bits per heavy atom. The van der Waals surface area contributed by atoms with Crippen LogP contribution in [0.15, 0.2) is 36.4 Å². The molecule has 0 bridgehead atoms. The number of carbonyl (C=O) groups excluding carboxylic acids is 1. The Morgan fingerprint density at radius 2 is 1.77 bits per heavy atom. The molecule has 1 aromatic heterocycles. The lowest BCUT2D eigenvalue weighted by Gasteiger charge is -2.20. The van der Waals surface area contributed by atoms with Crippen molar-refractivity contribution in [1.82, 2.24) is 10.2 Å². The summed E-state index contributed by atoms with van der Waals surface area (Å²) in [5.74, 6) is 1.42. The molecule has 0 unspecified atom stereocenters. The van der Waals surface area contributed by atoms with E-state index in [0.29, 0.717) is 22.9 Å². The molecule has 2 N–H and O–H groups in total. The number of amides is 1. The second-order valence-electron chi connectivity index (χ2n) is 5.86. The standard InChI is InChI=1S/C16H20N4O2/c1-16(2,3)18-14-9-8-13(19-20-14)17-15(21)11-6-5-7-12(10-11)22-4/h5-10H,1-4H3,(H,18,20)(H,17,19,21). The highest BCUT2D eigenvalue weighted by Gasteiger charge is 2.11. The van der Waals surface area contributed by atoms with Gasteiger partial charge in [-0.25, -0.2) is 0 Å². The first kappa shape index (κ1) is 15.8. The molecule has 116 valence electrons. The van der Waals surface area contributed by atoms with Crippen LogP contribution in [-0.4, -0.2) is 28.8 Å². The number of hydrogen-bond donors (Lipinski definition) is 2. The molecule has 0 saturated carbocycles. The first-order valence-electron chi connectivity index (χ1n) is 6.95. The molecule has 0 saturated heterocycles. The second kappa shape index (κ2) is 6.43. The lowest BCUT2D eigenvalue weighted by Crippen LogP contribution is -2.26. The number of benzene rings is 1. The van der Waals surface area contributed by atoms with Gasteiger partial charge in [0.1, 0.15) is 11.6 Å². The van der Waals surface area contributed by atoms with E-state index in [9.17, 15) is 4.79 Å². The summed E-state index contributed by atoms with van der Waals surface area (Å²) in [6.07, 6.45) is 0. The molecule has 2 rings (SSSR count). The molecule has 0 aliphatic rings. The summed E-state index contributed by atoms with van der Waals surface area (Å²) < 4.78 is 5.10. The SMILES string of the molecule is COc1cccc(C(=O)Nc2ccc(NC(C)(C)C)nn2)c1. The average molecular weight is 300 g/mol. The van der Waals surface area contributed by atoms with E-state index in [0.717, 1.165) is 0 Å². The maximum absolute atomic E-state index is 12.1. The van der Waals surface area contributed by atoms with E-state index < -0.39 is 0 Å². The zero-order valence-corrected chi connectivity index (χ0v) is 13.2. The van der Waals surface area contributed by atoms with Crippen molar-refractivity contribution in [3.8, 4) is 5.75 Å². The molecule has 0 aliphatic carbocycles. The molecule has 0 aliphatic heterocycles. The molecular formula is C16H20N4O2. The Kier molecular flexibility index (Phi) is 4.60. The Hall–Kier alpha value is -2.63. The smallest absolute Gasteiger partial charge is 0.256 e. The Balaban J connectivity index is 2.05. The van der Waals surface area contributed by atoms with Gasteiger partial charge in [0.15, 0.2) is 5.82 Å². The topological polar surface area (TPSA) is 76.1 Å². The number of hydrogen-bond acceptors (Lipinski definition) is 5. The number of nitrogens with one attached hydrogen (secondary N) is 2. The monoisotopic (exact) mass is 300 g/mol. The lowest BCUT2D eigenvalue weighted by atomic mass is 10.1. The van der Waals surface area contributed by atoms with Crippen molar-refractivity contribution >= 4 is 17.5 Å². The van der Waals surface area contributed by atoms with Crippen LogP contribution < -0.4 is 15.4 Å². The largest absolute Gasteiger partial charge is 0.497 e. The van der Waals surface area contributed by atoms with Gasteiger partial charge >= 0.3 is 0 Å². The fourth-order valence-electron chi connectivity index (χ4n) is 1.80. The molecule has 6 heteroatoms. The van der Waals surface area contributed by atoms with Crippen LogP contribution in [0.1, 0.15) is 31.1 Å². The van der Waals surface area contributed by atoms with E-state index in [1.54, 1.807) is 43.5 Å². The average Bonchev–Trinajstić information content (AvgIpc) is 2.48. The van der Waals surface area contributed by atoms with Crippen molar-refractivity contribution in [2.75, 3.05) is 17.7 Å². The number of ether oxygens (including phenoxy) is 1. The van der Waals surface area contributed by atoms with Gasteiger partial charge in [-0.05, 0) is 51.1 Å². The van der Waals surface area contributed by atoms with Gasteiger partial charge in [0.2, 0.25) is 0 Å². The molecule has 2 aromatic rings. The zero-order valence-electron chi connectivity index (χ0n) is 13.2. The van der Waals surface area contributed by atoms with Gasteiger partial charge in [-0.2, -0.15) is 0 Å². The van der Waals surface area contributed by atoms with E-state index in [1.165, 1.54) is 0 Å². The molecule has 0 atom stereocenters. The predicted molar refractivity (Wildman–Crippen MR) is 86.4 cm³/mol. The first-order chi connectivity index (χ1) is 10.4. The molecule has 1 amide bonds. The fraction of sp³-hybridized carbons (Fsp3) is 0.312. The molecule has 22 heavy (non-hydrogen) atoms. The van der Waals surface area contributed by atoms with Crippen LogP contribution >= 0.6 is 0 Å². The van der Waals surface area contributed by atoms with E-state index in [4.69, 9.17) is 4.74 Å². The maximum Gasteiger partial charge on any atom is 0.256 e. The highest BCUT2D eigenvalue weighted by atomic mass is 16.5. The van der Waals surface area contributed by atoms with Crippen LogP contribution in [0.3, 0.4) is 0 Å². The minimum absolute atomic E-state index is 0.0972. The van der Waals surface area contributed by atoms with Crippen molar-refractivity contribution < 1.29 is 9.53 Å². The van der Waals surface area contributed by atoms with Crippen molar-refractivity contribution in [2.24, 2.45) is 0 Å². The van der Waals surface area contributed by atoms with Crippen LogP contribution in [0.4, 0.5) is 11.6 Å². The van der Waals surface area contributed by atoms with Crippen molar-refractivity contribution in [1.29, 1.82) is 0 Å². The van der Waals surface area contributed by atoms with Gasteiger partial charge in [-0.1, -0.05) is 6.07 Å². The Labute approximate surface area is 129 Å². The van der Waals surface area contributed by atoms with Gasteiger partial charge in [-0.3, -0.25) is 4.79 Å². The maximum atomic E-state index is 12.1. The summed E-state index contributed by atoms with van der Waals surface area (Å²) >= 11 is 0. The summed E-state index contributed by atoms with van der Waals surface area (Å²) in [5.41, 5.74) is 0.401. The minimum Gasteiger partial charge on any atom is -0.497 e. The van der Waals surface area contributed by atoms with Gasteiger partial charge in [0, 0.05) is 11.1 Å². The van der Waals surface area contributed by atoms with Gasteiger partial charge in [0.05, 0.1) is 7.11 Å². The number of aromatic nitrogens is 2. The van der Waals surface area contributed by atoms with E-state index in [-0.39, 0.29) is 11.4 Å². The lowest BCUT2D eigenvalue weighted by molar-refractivity contribution is 0.102. The highest BCUT2D eigenvalue weighted by molar-refractivity contribution is 6.03. The zero-order chi connectivity index (χ0) is 16.2. The Morgan fingerprint density at radius 3 is 2.36 bits per heavy atom. The normalized spacial score (nSPS) is 10.9. The van der Waals surface area contributed by atoms with E-state index in [2.05, 4.69) is 20.8 Å². The summed E-state index contributed by atoms with van der Waals surface area (Å²) in [6.45, 7) is 6.10. The summed E-state index contributed by atoms with van der Waals surface area (Å²) in [7, 11) is 1.56. The van der Waals surface area contributed by atoms with Gasteiger partial charge in [0.25, 0.3) is 5.91 Å². The quantitative estimate of drug-likeness (QED) is 0.908.